The molecular weight excluding hydrogens is 202 g/mol. The highest BCUT2D eigenvalue weighted by atomic mass is 16.2. The maximum absolute atomic E-state index is 12.1. The van der Waals surface area contributed by atoms with Crippen LogP contribution in [0.5, 0.6) is 0 Å². The molecule has 0 bridgehead atoms. The van der Waals surface area contributed by atoms with E-state index < -0.39 is 0 Å². The summed E-state index contributed by atoms with van der Waals surface area (Å²) in [5.41, 5.74) is 1.25. The molecule has 2 rings (SSSR count). The minimum atomic E-state index is -0.283. The summed E-state index contributed by atoms with van der Waals surface area (Å²) in [6.45, 7) is 2.51. The number of aromatic nitrogens is 1. The van der Waals surface area contributed by atoms with Crippen LogP contribution in [0.25, 0.3) is 0 Å². The highest BCUT2D eigenvalue weighted by Crippen LogP contribution is 2.18. The van der Waals surface area contributed by atoms with Gasteiger partial charge in [0.25, 0.3) is 5.91 Å². The van der Waals surface area contributed by atoms with Gasteiger partial charge in [-0.15, -0.1) is 0 Å². The van der Waals surface area contributed by atoms with E-state index in [-0.39, 0.29) is 11.9 Å². The predicted octanol–water partition coefficient (Wildman–Crippen LogP) is 1.52. The highest BCUT2D eigenvalue weighted by Gasteiger charge is 2.29. The van der Waals surface area contributed by atoms with Crippen LogP contribution in [0.4, 0.5) is 0 Å². The van der Waals surface area contributed by atoms with E-state index in [9.17, 15) is 4.79 Å². The number of amides is 1. The van der Waals surface area contributed by atoms with Crippen molar-refractivity contribution in [2.24, 2.45) is 0 Å². The zero-order valence-electron chi connectivity index (χ0n) is 9.18. The Balaban J connectivity index is 2.23. The molecule has 0 saturated carbocycles. The normalized spacial score (nSPS) is 19.5. The first-order valence-corrected chi connectivity index (χ1v) is 5.36. The predicted molar refractivity (Wildman–Crippen MR) is 58.6 cm³/mol. The zero-order valence-corrected chi connectivity index (χ0v) is 9.18. The molecule has 82 valence electrons. The quantitative estimate of drug-likeness (QED) is 0.713. The van der Waals surface area contributed by atoms with Crippen LogP contribution in [-0.2, 0) is 0 Å². The second kappa shape index (κ2) is 4.31. The second-order valence-corrected chi connectivity index (χ2v) is 3.95. The number of likely N-dealkylation sites (tertiary alicyclic amines) is 1. The van der Waals surface area contributed by atoms with Crippen molar-refractivity contribution >= 4 is 5.91 Å². The summed E-state index contributed by atoms with van der Waals surface area (Å²) in [5, 5.41) is 8.92. The first-order valence-electron chi connectivity index (χ1n) is 5.36. The molecule has 1 aromatic heterocycles. The molecular formula is C12H13N3O. The molecule has 1 saturated heterocycles. The Bertz CT molecular complexity index is 450. The van der Waals surface area contributed by atoms with Crippen molar-refractivity contribution < 1.29 is 4.79 Å². The van der Waals surface area contributed by atoms with E-state index in [1.807, 2.05) is 19.1 Å². The zero-order chi connectivity index (χ0) is 11.5. The van der Waals surface area contributed by atoms with Crippen LogP contribution in [0, 0.1) is 18.3 Å². The van der Waals surface area contributed by atoms with Crippen molar-refractivity contribution in [3.05, 3.63) is 29.6 Å². The minimum absolute atomic E-state index is 0.132. The molecule has 1 amide bonds. The van der Waals surface area contributed by atoms with Gasteiger partial charge in [0, 0.05) is 12.2 Å². The highest BCUT2D eigenvalue weighted by molar-refractivity contribution is 5.92. The molecule has 16 heavy (non-hydrogen) atoms. The van der Waals surface area contributed by atoms with E-state index >= 15 is 0 Å². The minimum Gasteiger partial charge on any atom is -0.321 e. The number of nitriles is 1. The van der Waals surface area contributed by atoms with Crippen molar-refractivity contribution in [3.63, 3.8) is 0 Å². The first-order chi connectivity index (χ1) is 7.72. The molecule has 0 aromatic carbocycles. The first kappa shape index (κ1) is 10.6. The number of carbonyl (C=O) groups excluding carboxylic acids is 1. The third-order valence-electron chi connectivity index (χ3n) is 2.77. The summed E-state index contributed by atoms with van der Waals surface area (Å²) in [7, 11) is 0. The Morgan fingerprint density at radius 2 is 2.44 bits per heavy atom. The Labute approximate surface area is 94.5 Å². The van der Waals surface area contributed by atoms with Gasteiger partial charge in [-0.2, -0.15) is 5.26 Å². The molecule has 0 radical (unpaired) electrons. The van der Waals surface area contributed by atoms with Gasteiger partial charge in [-0.1, -0.05) is 6.07 Å². The van der Waals surface area contributed by atoms with E-state index in [1.54, 1.807) is 11.0 Å². The van der Waals surface area contributed by atoms with Gasteiger partial charge in [0.05, 0.1) is 6.07 Å². The van der Waals surface area contributed by atoms with Crippen molar-refractivity contribution in [3.8, 4) is 6.07 Å². The number of rotatable bonds is 1. The van der Waals surface area contributed by atoms with Gasteiger partial charge < -0.3 is 4.90 Å². The summed E-state index contributed by atoms with van der Waals surface area (Å²) in [4.78, 5) is 17.9. The molecule has 1 fully saturated rings. The second-order valence-electron chi connectivity index (χ2n) is 3.95. The Hall–Kier alpha value is -1.89. The average molecular weight is 215 g/mol. The number of hydrogen-bond donors (Lipinski definition) is 0. The third kappa shape index (κ3) is 1.89. The summed E-state index contributed by atoms with van der Waals surface area (Å²) in [6.07, 6.45) is 1.67. The number of nitrogens with zero attached hydrogens (tertiary/aromatic N) is 3. The molecule has 1 aliphatic rings. The maximum Gasteiger partial charge on any atom is 0.273 e. The largest absolute Gasteiger partial charge is 0.321 e. The molecule has 2 heterocycles. The molecule has 0 N–H and O–H groups in total. The van der Waals surface area contributed by atoms with Gasteiger partial charge in [-0.05, 0) is 31.9 Å². The van der Waals surface area contributed by atoms with Gasteiger partial charge >= 0.3 is 0 Å². The average Bonchev–Trinajstić information content (AvgIpc) is 2.76. The fourth-order valence-electron chi connectivity index (χ4n) is 1.95. The number of pyridine rings is 1. The van der Waals surface area contributed by atoms with E-state index in [0.717, 1.165) is 18.5 Å². The van der Waals surface area contributed by atoms with Crippen molar-refractivity contribution in [2.45, 2.75) is 25.8 Å². The standard InChI is InChI=1S/C12H13N3O/c1-9-4-2-6-11(14-9)12(16)15-7-3-5-10(15)8-13/h2,4,6,10H,3,5,7H2,1H3. The molecule has 0 spiro atoms. The molecule has 4 heteroatoms. The SMILES string of the molecule is Cc1cccc(C(=O)N2CCCC2C#N)n1. The molecule has 1 atom stereocenters. The van der Waals surface area contributed by atoms with Crippen molar-refractivity contribution in [2.75, 3.05) is 6.54 Å². The summed E-state index contributed by atoms with van der Waals surface area (Å²) >= 11 is 0. The molecule has 0 aliphatic carbocycles. The lowest BCUT2D eigenvalue weighted by atomic mass is 10.2. The Kier molecular flexibility index (Phi) is 2.86. The summed E-state index contributed by atoms with van der Waals surface area (Å²) in [6, 6.07) is 7.23. The summed E-state index contributed by atoms with van der Waals surface area (Å²) < 4.78 is 0. The fraction of sp³-hybridized carbons (Fsp3) is 0.417. The Morgan fingerprint density at radius 1 is 1.62 bits per heavy atom. The monoisotopic (exact) mass is 215 g/mol. The lowest BCUT2D eigenvalue weighted by Gasteiger charge is -2.18. The van der Waals surface area contributed by atoms with Crippen LogP contribution in [-0.4, -0.2) is 28.4 Å². The van der Waals surface area contributed by atoms with Crippen LogP contribution in [0.3, 0.4) is 0 Å². The van der Waals surface area contributed by atoms with Crippen LogP contribution in [0.15, 0.2) is 18.2 Å². The van der Waals surface area contributed by atoms with Gasteiger partial charge in [0.15, 0.2) is 0 Å². The Morgan fingerprint density at radius 3 is 3.12 bits per heavy atom. The lowest BCUT2D eigenvalue weighted by molar-refractivity contribution is 0.0759. The van der Waals surface area contributed by atoms with Crippen LogP contribution in [0.1, 0.15) is 29.0 Å². The van der Waals surface area contributed by atoms with E-state index in [2.05, 4.69) is 11.1 Å². The summed E-state index contributed by atoms with van der Waals surface area (Å²) in [5.74, 6) is -0.132. The van der Waals surface area contributed by atoms with E-state index in [4.69, 9.17) is 5.26 Å². The van der Waals surface area contributed by atoms with Crippen LogP contribution >= 0.6 is 0 Å². The molecule has 4 nitrogen and oxygen atoms in total. The van der Waals surface area contributed by atoms with Gasteiger partial charge in [-0.25, -0.2) is 4.98 Å². The van der Waals surface area contributed by atoms with E-state index in [0.29, 0.717) is 12.2 Å². The smallest absolute Gasteiger partial charge is 0.273 e. The number of hydrogen-bond acceptors (Lipinski definition) is 3. The number of aryl methyl sites for hydroxylation is 1. The van der Waals surface area contributed by atoms with Gasteiger partial charge in [0.2, 0.25) is 0 Å². The topological polar surface area (TPSA) is 57.0 Å². The fourth-order valence-corrected chi connectivity index (χ4v) is 1.95. The lowest BCUT2D eigenvalue weighted by Crippen LogP contribution is -2.35. The maximum atomic E-state index is 12.1. The van der Waals surface area contributed by atoms with Crippen LogP contribution in [0.2, 0.25) is 0 Å². The van der Waals surface area contributed by atoms with Gasteiger partial charge in [0.1, 0.15) is 11.7 Å². The van der Waals surface area contributed by atoms with Gasteiger partial charge in [-0.3, -0.25) is 4.79 Å². The van der Waals surface area contributed by atoms with E-state index in [1.165, 1.54) is 0 Å². The molecule has 1 aliphatic heterocycles. The number of carbonyl (C=O) groups is 1. The molecule has 1 aromatic rings. The van der Waals surface area contributed by atoms with Crippen molar-refractivity contribution in [1.82, 2.24) is 9.88 Å². The van der Waals surface area contributed by atoms with Crippen LogP contribution < -0.4 is 0 Å². The third-order valence-corrected chi connectivity index (χ3v) is 2.77. The van der Waals surface area contributed by atoms with Crippen molar-refractivity contribution in [1.29, 1.82) is 5.26 Å². The molecule has 1 unspecified atom stereocenters.